The summed E-state index contributed by atoms with van der Waals surface area (Å²) in [6, 6.07) is 12.7. The zero-order chi connectivity index (χ0) is 14.8. The van der Waals surface area contributed by atoms with Crippen LogP contribution >= 0.6 is 0 Å². The van der Waals surface area contributed by atoms with E-state index >= 15 is 0 Å². The van der Waals surface area contributed by atoms with Crippen LogP contribution in [0.4, 0.5) is 0 Å². The van der Waals surface area contributed by atoms with E-state index in [4.69, 9.17) is 5.11 Å². The fraction of sp³-hybridized carbons (Fsp3) is 0.0714. The van der Waals surface area contributed by atoms with Gasteiger partial charge in [0, 0.05) is 0 Å². The second-order valence-corrected chi connectivity index (χ2v) is 6.00. The second kappa shape index (κ2) is 5.44. The highest BCUT2D eigenvalue weighted by Gasteiger charge is 2.12. The van der Waals surface area contributed by atoms with Crippen LogP contribution in [-0.4, -0.2) is 26.5 Å². The van der Waals surface area contributed by atoms with Gasteiger partial charge in [0.2, 0.25) is 10.0 Å². The van der Waals surface area contributed by atoms with Crippen molar-refractivity contribution in [1.29, 1.82) is 0 Å². The molecule has 2 aromatic rings. The van der Waals surface area contributed by atoms with Crippen molar-refractivity contribution in [2.24, 2.45) is 0 Å². The van der Waals surface area contributed by atoms with Crippen LogP contribution in [0.2, 0.25) is 0 Å². The van der Waals surface area contributed by atoms with Crippen LogP contribution in [0, 0.1) is 0 Å². The third-order valence-corrected chi connectivity index (χ3v) is 4.29. The highest BCUT2D eigenvalue weighted by molar-refractivity contribution is 7.89. The number of rotatable bonds is 4. The lowest BCUT2D eigenvalue weighted by atomic mass is 10.0. The average molecular weight is 291 g/mol. The molecule has 5 nitrogen and oxygen atoms in total. The van der Waals surface area contributed by atoms with Gasteiger partial charge in [0.15, 0.2) is 0 Å². The summed E-state index contributed by atoms with van der Waals surface area (Å²) in [5, 5.41) is 8.84. The van der Waals surface area contributed by atoms with Gasteiger partial charge in [-0.15, -0.1) is 0 Å². The van der Waals surface area contributed by atoms with Gasteiger partial charge in [-0.25, -0.2) is 17.9 Å². The van der Waals surface area contributed by atoms with Gasteiger partial charge in [0.05, 0.1) is 10.5 Å². The topological polar surface area (TPSA) is 83.5 Å². The fourth-order valence-electron chi connectivity index (χ4n) is 1.77. The highest BCUT2D eigenvalue weighted by atomic mass is 32.2. The van der Waals surface area contributed by atoms with E-state index in [1.54, 1.807) is 30.3 Å². The number of nitrogens with one attached hydrogen (secondary N) is 1. The van der Waals surface area contributed by atoms with Crippen molar-refractivity contribution in [2.45, 2.75) is 4.90 Å². The Morgan fingerprint density at radius 2 is 1.70 bits per heavy atom. The summed E-state index contributed by atoms with van der Waals surface area (Å²) in [4.78, 5) is 11.0. The maximum Gasteiger partial charge on any atom is 0.335 e. The first-order chi connectivity index (χ1) is 9.44. The number of hydrogen-bond acceptors (Lipinski definition) is 3. The van der Waals surface area contributed by atoms with Gasteiger partial charge in [-0.2, -0.15) is 0 Å². The van der Waals surface area contributed by atoms with Crippen LogP contribution in [0.1, 0.15) is 10.4 Å². The molecule has 0 saturated carbocycles. The number of aromatic carboxylic acids is 1. The highest BCUT2D eigenvalue weighted by Crippen LogP contribution is 2.22. The molecule has 20 heavy (non-hydrogen) atoms. The molecule has 0 radical (unpaired) electrons. The van der Waals surface area contributed by atoms with E-state index < -0.39 is 16.0 Å². The monoisotopic (exact) mass is 291 g/mol. The third-order valence-electron chi connectivity index (χ3n) is 2.88. The SMILES string of the molecule is CNS(=O)(=O)c1cccc(-c2ccc(C(=O)O)cc2)c1. The van der Waals surface area contributed by atoms with E-state index in [9.17, 15) is 13.2 Å². The summed E-state index contributed by atoms with van der Waals surface area (Å²) < 4.78 is 25.7. The Labute approximate surface area is 116 Å². The maximum atomic E-state index is 11.7. The molecule has 0 bridgehead atoms. The van der Waals surface area contributed by atoms with Crippen LogP contribution in [0.5, 0.6) is 0 Å². The molecular weight excluding hydrogens is 278 g/mol. The Bertz CT molecular complexity index is 736. The number of hydrogen-bond donors (Lipinski definition) is 2. The van der Waals surface area contributed by atoms with Gasteiger partial charge in [-0.05, 0) is 42.4 Å². The number of carboxylic acids is 1. The van der Waals surface area contributed by atoms with Gasteiger partial charge in [0.25, 0.3) is 0 Å². The van der Waals surface area contributed by atoms with Crippen LogP contribution in [0.15, 0.2) is 53.4 Å². The quantitative estimate of drug-likeness (QED) is 0.902. The van der Waals surface area contributed by atoms with Crippen molar-refractivity contribution in [1.82, 2.24) is 4.72 Å². The second-order valence-electron chi connectivity index (χ2n) is 4.12. The van der Waals surface area contributed by atoms with Crippen LogP contribution in [-0.2, 0) is 10.0 Å². The zero-order valence-electron chi connectivity index (χ0n) is 10.7. The van der Waals surface area contributed by atoms with Gasteiger partial charge in [-0.1, -0.05) is 24.3 Å². The fourth-order valence-corrected chi connectivity index (χ4v) is 2.54. The molecule has 0 fully saturated rings. The van der Waals surface area contributed by atoms with Crippen molar-refractivity contribution in [3.05, 3.63) is 54.1 Å². The van der Waals surface area contributed by atoms with Gasteiger partial charge in [0.1, 0.15) is 0 Å². The first kappa shape index (κ1) is 14.2. The predicted molar refractivity (Wildman–Crippen MR) is 75.1 cm³/mol. The predicted octanol–water partition coefficient (Wildman–Crippen LogP) is 1.96. The molecule has 0 saturated heterocycles. The molecule has 104 valence electrons. The molecule has 0 aliphatic carbocycles. The van der Waals surface area contributed by atoms with Crippen LogP contribution < -0.4 is 4.72 Å². The average Bonchev–Trinajstić information content (AvgIpc) is 2.47. The first-order valence-corrected chi connectivity index (χ1v) is 7.30. The van der Waals surface area contributed by atoms with Gasteiger partial charge >= 0.3 is 5.97 Å². The molecule has 0 unspecified atom stereocenters. The molecule has 0 aliphatic rings. The zero-order valence-corrected chi connectivity index (χ0v) is 11.5. The normalized spacial score (nSPS) is 11.2. The minimum atomic E-state index is -3.49. The lowest BCUT2D eigenvalue weighted by Crippen LogP contribution is -2.18. The van der Waals surface area contributed by atoms with E-state index in [2.05, 4.69) is 4.72 Å². The van der Waals surface area contributed by atoms with Crippen LogP contribution in [0.3, 0.4) is 0 Å². The number of benzene rings is 2. The van der Waals surface area contributed by atoms with E-state index in [0.717, 1.165) is 5.56 Å². The van der Waals surface area contributed by atoms with Gasteiger partial charge in [-0.3, -0.25) is 0 Å². The summed E-state index contributed by atoms with van der Waals surface area (Å²) in [7, 11) is -2.14. The standard InChI is InChI=1S/C14H13NO4S/c1-15-20(18,19)13-4-2-3-12(9-13)10-5-7-11(8-6-10)14(16)17/h2-9,15H,1H3,(H,16,17). The molecule has 0 aromatic heterocycles. The lowest BCUT2D eigenvalue weighted by Gasteiger charge is -2.06. The summed E-state index contributed by atoms with van der Waals surface area (Å²) in [5.41, 5.74) is 1.65. The van der Waals surface area contributed by atoms with E-state index in [1.165, 1.54) is 25.2 Å². The lowest BCUT2D eigenvalue weighted by molar-refractivity contribution is 0.0697. The summed E-state index contributed by atoms with van der Waals surface area (Å²) in [6.45, 7) is 0. The van der Waals surface area contributed by atoms with E-state index in [-0.39, 0.29) is 10.5 Å². The Hall–Kier alpha value is -2.18. The Kier molecular flexibility index (Phi) is 3.87. The van der Waals surface area contributed by atoms with Crippen molar-refractivity contribution >= 4 is 16.0 Å². The first-order valence-electron chi connectivity index (χ1n) is 5.81. The van der Waals surface area contributed by atoms with Gasteiger partial charge < -0.3 is 5.11 Å². The molecule has 0 spiro atoms. The molecule has 0 amide bonds. The van der Waals surface area contributed by atoms with Crippen molar-refractivity contribution in [3.63, 3.8) is 0 Å². The maximum absolute atomic E-state index is 11.7. The minimum Gasteiger partial charge on any atom is -0.478 e. The smallest absolute Gasteiger partial charge is 0.335 e. The van der Waals surface area contributed by atoms with Crippen molar-refractivity contribution < 1.29 is 18.3 Å². The molecular formula is C14H13NO4S. The van der Waals surface area contributed by atoms with E-state index in [1.807, 2.05) is 0 Å². The number of sulfonamides is 1. The number of carboxylic acid groups (broad SMARTS) is 1. The third kappa shape index (κ3) is 2.87. The number of carbonyl (C=O) groups is 1. The molecule has 2 aromatic carbocycles. The van der Waals surface area contributed by atoms with E-state index in [0.29, 0.717) is 5.56 Å². The Morgan fingerprint density at radius 1 is 1.05 bits per heavy atom. The Morgan fingerprint density at radius 3 is 2.25 bits per heavy atom. The Balaban J connectivity index is 2.43. The van der Waals surface area contributed by atoms with Crippen LogP contribution in [0.25, 0.3) is 11.1 Å². The largest absolute Gasteiger partial charge is 0.478 e. The molecule has 0 atom stereocenters. The minimum absolute atomic E-state index is 0.166. The summed E-state index contributed by atoms with van der Waals surface area (Å²) in [5.74, 6) is -0.997. The van der Waals surface area contributed by atoms with Crippen molar-refractivity contribution in [2.75, 3.05) is 7.05 Å². The molecule has 2 N–H and O–H groups in total. The molecule has 0 heterocycles. The van der Waals surface area contributed by atoms with Crippen molar-refractivity contribution in [3.8, 4) is 11.1 Å². The molecule has 6 heteroatoms. The molecule has 0 aliphatic heterocycles. The summed E-state index contributed by atoms with van der Waals surface area (Å²) >= 11 is 0. The molecule has 2 rings (SSSR count). The summed E-state index contributed by atoms with van der Waals surface area (Å²) in [6.07, 6.45) is 0.